The second-order valence-corrected chi connectivity index (χ2v) is 6.09. The lowest BCUT2D eigenvalue weighted by Gasteiger charge is -2.17. The third-order valence-electron chi connectivity index (χ3n) is 3.69. The molecule has 0 bridgehead atoms. The van der Waals surface area contributed by atoms with Crippen molar-refractivity contribution in [2.24, 2.45) is 0 Å². The summed E-state index contributed by atoms with van der Waals surface area (Å²) in [6, 6.07) is 16.0. The molecule has 22 heavy (non-hydrogen) atoms. The van der Waals surface area contributed by atoms with Crippen molar-refractivity contribution in [1.82, 2.24) is 4.90 Å². The summed E-state index contributed by atoms with van der Waals surface area (Å²) < 4.78 is 6.00. The summed E-state index contributed by atoms with van der Waals surface area (Å²) in [6.45, 7) is 2.92. The Hall–Kier alpha value is -0.930. The van der Waals surface area contributed by atoms with Crippen LogP contribution in [0, 0.1) is 0 Å². The lowest BCUT2D eigenvalue weighted by Crippen LogP contribution is -2.24. The zero-order valence-corrected chi connectivity index (χ0v) is 14.4. The van der Waals surface area contributed by atoms with E-state index in [1.807, 2.05) is 18.2 Å². The largest absolute Gasteiger partial charge is 0.487 e. The summed E-state index contributed by atoms with van der Waals surface area (Å²) >= 11 is 12.2. The second kappa shape index (κ2) is 8.07. The van der Waals surface area contributed by atoms with Gasteiger partial charge >= 0.3 is 0 Å². The fourth-order valence-corrected chi connectivity index (χ4v) is 2.97. The zero-order valence-electron chi connectivity index (χ0n) is 12.0. The highest BCUT2D eigenvalue weighted by atomic mass is 35.5. The molecule has 2 aromatic carbocycles. The van der Waals surface area contributed by atoms with Gasteiger partial charge in [0.05, 0.1) is 5.02 Å². The van der Waals surface area contributed by atoms with Crippen LogP contribution in [-0.2, 0) is 6.54 Å². The standard InChI is InChI=1S/C17H17Cl2NO.ClH/c18-15-7-4-8-16(17(15)19)21-14-9-10-20(12-14)11-13-5-2-1-3-6-13;/h1-8,14H,9-12H2;1H. The monoisotopic (exact) mass is 357 g/mol. The van der Waals surface area contributed by atoms with Gasteiger partial charge in [-0.25, -0.2) is 0 Å². The van der Waals surface area contributed by atoms with Crippen molar-refractivity contribution >= 4 is 35.6 Å². The molecule has 3 rings (SSSR count). The summed E-state index contributed by atoms with van der Waals surface area (Å²) in [6.07, 6.45) is 1.18. The average molecular weight is 359 g/mol. The Morgan fingerprint density at radius 1 is 1.05 bits per heavy atom. The quantitative estimate of drug-likeness (QED) is 0.756. The summed E-state index contributed by atoms with van der Waals surface area (Å²) in [5.41, 5.74) is 1.33. The molecule has 0 N–H and O–H groups in total. The van der Waals surface area contributed by atoms with Gasteiger partial charge in [-0.05, 0) is 24.1 Å². The van der Waals surface area contributed by atoms with Crippen molar-refractivity contribution < 1.29 is 4.74 Å². The van der Waals surface area contributed by atoms with Gasteiger partial charge in [-0.15, -0.1) is 12.4 Å². The van der Waals surface area contributed by atoms with Crippen molar-refractivity contribution in [2.75, 3.05) is 13.1 Å². The first kappa shape index (κ1) is 17.4. The van der Waals surface area contributed by atoms with E-state index in [2.05, 4.69) is 29.2 Å². The maximum absolute atomic E-state index is 6.17. The molecular weight excluding hydrogens is 341 g/mol. The van der Waals surface area contributed by atoms with Crippen LogP contribution < -0.4 is 4.74 Å². The Morgan fingerprint density at radius 3 is 2.59 bits per heavy atom. The Morgan fingerprint density at radius 2 is 1.82 bits per heavy atom. The minimum absolute atomic E-state index is 0. The van der Waals surface area contributed by atoms with Crippen molar-refractivity contribution in [2.45, 2.75) is 19.1 Å². The maximum atomic E-state index is 6.17. The molecule has 5 heteroatoms. The average Bonchev–Trinajstić information content (AvgIpc) is 2.92. The van der Waals surface area contributed by atoms with Crippen LogP contribution in [0.1, 0.15) is 12.0 Å². The Bertz CT molecular complexity index is 606. The Balaban J connectivity index is 0.00000176. The van der Waals surface area contributed by atoms with E-state index in [1.54, 1.807) is 6.07 Å². The van der Waals surface area contributed by atoms with E-state index in [-0.39, 0.29) is 18.5 Å². The normalized spacial score (nSPS) is 18.0. The van der Waals surface area contributed by atoms with E-state index in [0.717, 1.165) is 26.1 Å². The van der Waals surface area contributed by atoms with Crippen molar-refractivity contribution in [3.8, 4) is 5.75 Å². The van der Waals surface area contributed by atoms with Gasteiger partial charge in [0.25, 0.3) is 0 Å². The SMILES string of the molecule is Cl.Clc1cccc(OC2CCN(Cc3ccccc3)C2)c1Cl. The molecular formula is C17H18Cl3NO. The first-order valence-electron chi connectivity index (χ1n) is 7.09. The van der Waals surface area contributed by atoms with Gasteiger partial charge in [-0.1, -0.05) is 59.6 Å². The summed E-state index contributed by atoms with van der Waals surface area (Å²) in [5, 5.41) is 1.04. The predicted molar refractivity (Wildman–Crippen MR) is 94.5 cm³/mol. The van der Waals surface area contributed by atoms with Crippen LogP contribution in [0.3, 0.4) is 0 Å². The predicted octanol–water partition coefficient (Wildman–Crippen LogP) is 5.07. The van der Waals surface area contributed by atoms with Crippen LogP contribution >= 0.6 is 35.6 Å². The summed E-state index contributed by atoms with van der Waals surface area (Å²) in [5.74, 6) is 0.677. The molecule has 1 saturated heterocycles. The minimum atomic E-state index is 0. The third kappa shape index (κ3) is 4.30. The number of hydrogen-bond acceptors (Lipinski definition) is 2. The van der Waals surface area contributed by atoms with Crippen LogP contribution in [0.15, 0.2) is 48.5 Å². The fraction of sp³-hybridized carbons (Fsp3) is 0.294. The van der Waals surface area contributed by atoms with Gasteiger partial charge in [-0.2, -0.15) is 0 Å². The molecule has 0 spiro atoms. The fourth-order valence-electron chi connectivity index (χ4n) is 2.63. The Kier molecular flexibility index (Phi) is 6.39. The number of benzene rings is 2. The van der Waals surface area contributed by atoms with E-state index in [4.69, 9.17) is 27.9 Å². The topological polar surface area (TPSA) is 12.5 Å². The molecule has 2 nitrogen and oxygen atoms in total. The van der Waals surface area contributed by atoms with Crippen molar-refractivity contribution in [1.29, 1.82) is 0 Å². The zero-order chi connectivity index (χ0) is 14.7. The summed E-state index contributed by atoms with van der Waals surface area (Å²) in [4.78, 5) is 2.40. The molecule has 0 radical (unpaired) electrons. The van der Waals surface area contributed by atoms with E-state index in [1.165, 1.54) is 5.56 Å². The number of likely N-dealkylation sites (tertiary alicyclic amines) is 1. The number of halogens is 3. The lowest BCUT2D eigenvalue weighted by molar-refractivity contribution is 0.198. The van der Waals surface area contributed by atoms with E-state index < -0.39 is 0 Å². The van der Waals surface area contributed by atoms with Gasteiger partial charge in [-0.3, -0.25) is 4.90 Å². The minimum Gasteiger partial charge on any atom is -0.487 e. The first-order chi connectivity index (χ1) is 10.2. The van der Waals surface area contributed by atoms with Crippen LogP contribution in [0.25, 0.3) is 0 Å². The molecule has 0 aromatic heterocycles. The van der Waals surface area contributed by atoms with Gasteiger partial charge in [0.1, 0.15) is 16.9 Å². The number of ether oxygens (including phenoxy) is 1. The first-order valence-corrected chi connectivity index (χ1v) is 7.85. The summed E-state index contributed by atoms with van der Waals surface area (Å²) in [7, 11) is 0. The van der Waals surface area contributed by atoms with E-state index in [9.17, 15) is 0 Å². The highest BCUT2D eigenvalue weighted by Crippen LogP contribution is 2.33. The van der Waals surface area contributed by atoms with E-state index >= 15 is 0 Å². The molecule has 2 aromatic rings. The third-order valence-corrected chi connectivity index (χ3v) is 4.49. The highest BCUT2D eigenvalue weighted by Gasteiger charge is 2.24. The molecule has 1 fully saturated rings. The highest BCUT2D eigenvalue weighted by molar-refractivity contribution is 6.42. The van der Waals surface area contributed by atoms with Gasteiger partial charge in [0.2, 0.25) is 0 Å². The molecule has 0 amide bonds. The number of rotatable bonds is 4. The molecule has 1 heterocycles. The van der Waals surface area contributed by atoms with Gasteiger partial charge in [0, 0.05) is 19.6 Å². The van der Waals surface area contributed by atoms with Gasteiger partial charge < -0.3 is 4.74 Å². The number of nitrogens with zero attached hydrogens (tertiary/aromatic N) is 1. The van der Waals surface area contributed by atoms with Crippen molar-refractivity contribution in [3.05, 3.63) is 64.1 Å². The number of hydrogen-bond donors (Lipinski definition) is 0. The van der Waals surface area contributed by atoms with Crippen LogP contribution in [0.2, 0.25) is 10.0 Å². The van der Waals surface area contributed by atoms with Crippen molar-refractivity contribution in [3.63, 3.8) is 0 Å². The molecule has 0 saturated carbocycles. The van der Waals surface area contributed by atoms with Crippen LogP contribution in [0.5, 0.6) is 5.75 Å². The molecule has 0 aliphatic carbocycles. The molecule has 1 atom stereocenters. The van der Waals surface area contributed by atoms with Crippen LogP contribution in [-0.4, -0.2) is 24.1 Å². The smallest absolute Gasteiger partial charge is 0.139 e. The van der Waals surface area contributed by atoms with Gasteiger partial charge in [0.15, 0.2) is 0 Å². The maximum Gasteiger partial charge on any atom is 0.139 e. The van der Waals surface area contributed by atoms with E-state index in [0.29, 0.717) is 15.8 Å². The molecule has 1 unspecified atom stereocenters. The Labute approximate surface area is 147 Å². The molecule has 1 aliphatic rings. The second-order valence-electron chi connectivity index (χ2n) is 5.30. The van der Waals surface area contributed by atoms with Crippen LogP contribution in [0.4, 0.5) is 0 Å². The molecule has 118 valence electrons. The lowest BCUT2D eigenvalue weighted by atomic mass is 10.2. The molecule has 1 aliphatic heterocycles.